The lowest BCUT2D eigenvalue weighted by atomic mass is 10.2. The monoisotopic (exact) mass is 431 g/mol. The van der Waals surface area contributed by atoms with Crippen molar-refractivity contribution in [3.63, 3.8) is 0 Å². The predicted octanol–water partition coefficient (Wildman–Crippen LogP) is 3.86. The normalized spacial score (nSPS) is 11.6. The SMILES string of the molecule is COc1cccc(Nc2nc3c(S(=O)(=O)c4ccccc4)nnn3c3ccccc23)c1. The van der Waals surface area contributed by atoms with Crippen molar-refractivity contribution in [2.75, 3.05) is 12.4 Å². The number of fused-ring (bicyclic) bond motifs is 3. The molecule has 0 aliphatic carbocycles. The van der Waals surface area contributed by atoms with E-state index in [2.05, 4.69) is 20.6 Å². The summed E-state index contributed by atoms with van der Waals surface area (Å²) in [6.45, 7) is 0. The fraction of sp³-hybridized carbons (Fsp3) is 0.0455. The molecule has 2 heterocycles. The Bertz CT molecular complexity index is 1510. The van der Waals surface area contributed by atoms with E-state index in [4.69, 9.17) is 4.74 Å². The molecule has 0 bridgehead atoms. The molecule has 0 saturated heterocycles. The first-order chi connectivity index (χ1) is 15.1. The van der Waals surface area contributed by atoms with Gasteiger partial charge in [0.25, 0.3) is 0 Å². The molecule has 0 aliphatic heterocycles. The largest absolute Gasteiger partial charge is 0.497 e. The molecule has 0 saturated carbocycles. The number of ether oxygens (including phenoxy) is 1. The molecular formula is C22H17N5O3S. The van der Waals surface area contributed by atoms with Gasteiger partial charge in [-0.25, -0.2) is 13.4 Å². The van der Waals surface area contributed by atoms with E-state index in [0.717, 1.165) is 11.1 Å². The number of hydrogen-bond donors (Lipinski definition) is 1. The number of methoxy groups -OCH3 is 1. The smallest absolute Gasteiger partial charge is 0.229 e. The first-order valence-electron chi connectivity index (χ1n) is 9.43. The molecule has 0 amide bonds. The van der Waals surface area contributed by atoms with Gasteiger partial charge in [-0.2, -0.15) is 4.52 Å². The maximum atomic E-state index is 13.2. The van der Waals surface area contributed by atoms with Gasteiger partial charge in [-0.05, 0) is 36.4 Å². The van der Waals surface area contributed by atoms with Crippen LogP contribution in [0.4, 0.5) is 11.5 Å². The molecule has 5 rings (SSSR count). The van der Waals surface area contributed by atoms with Crippen LogP contribution in [0.25, 0.3) is 16.6 Å². The number of nitrogens with one attached hydrogen (secondary N) is 1. The molecular weight excluding hydrogens is 414 g/mol. The highest BCUT2D eigenvalue weighted by atomic mass is 32.2. The zero-order valence-corrected chi connectivity index (χ0v) is 17.2. The van der Waals surface area contributed by atoms with Crippen LogP contribution >= 0.6 is 0 Å². The molecule has 0 unspecified atom stereocenters. The maximum absolute atomic E-state index is 13.2. The van der Waals surface area contributed by atoms with Gasteiger partial charge in [0.1, 0.15) is 11.6 Å². The molecule has 9 heteroatoms. The molecule has 0 atom stereocenters. The lowest BCUT2D eigenvalue weighted by Crippen LogP contribution is -2.05. The van der Waals surface area contributed by atoms with Crippen LogP contribution in [0.3, 0.4) is 0 Å². The Balaban J connectivity index is 1.73. The summed E-state index contributed by atoms with van der Waals surface area (Å²) in [7, 11) is -2.30. The summed E-state index contributed by atoms with van der Waals surface area (Å²) in [6.07, 6.45) is 0. The molecule has 0 aliphatic rings. The minimum atomic E-state index is -3.90. The van der Waals surface area contributed by atoms with Gasteiger partial charge >= 0.3 is 0 Å². The van der Waals surface area contributed by atoms with Gasteiger partial charge in [0.05, 0.1) is 17.5 Å². The van der Waals surface area contributed by atoms with Gasteiger partial charge in [0.15, 0.2) is 5.65 Å². The van der Waals surface area contributed by atoms with Gasteiger partial charge in [0, 0.05) is 17.1 Å². The minimum Gasteiger partial charge on any atom is -0.497 e. The average molecular weight is 431 g/mol. The second-order valence-corrected chi connectivity index (χ2v) is 8.65. The standard InChI is InChI=1S/C22H17N5O3S/c1-30-16-9-7-8-15(14-16)23-20-18-12-5-6-13-19(18)27-21(24-20)22(25-26-27)31(28,29)17-10-3-2-4-11-17/h2-14H,1H3,(H,23,24). The van der Waals surface area contributed by atoms with Gasteiger partial charge < -0.3 is 10.1 Å². The van der Waals surface area contributed by atoms with Crippen LogP contribution in [0.15, 0.2) is 88.8 Å². The fourth-order valence-corrected chi connectivity index (χ4v) is 4.62. The van der Waals surface area contributed by atoms with Crippen molar-refractivity contribution in [3.8, 4) is 5.75 Å². The van der Waals surface area contributed by atoms with Crippen molar-refractivity contribution in [2.45, 2.75) is 9.92 Å². The summed E-state index contributed by atoms with van der Waals surface area (Å²) >= 11 is 0. The van der Waals surface area contributed by atoms with E-state index in [1.807, 2.05) is 48.5 Å². The molecule has 1 N–H and O–H groups in total. The van der Waals surface area contributed by atoms with Crippen LogP contribution in [0.1, 0.15) is 0 Å². The van der Waals surface area contributed by atoms with Crippen molar-refractivity contribution in [1.82, 2.24) is 19.8 Å². The molecule has 5 aromatic rings. The topological polar surface area (TPSA) is 98.5 Å². The quantitative estimate of drug-likeness (QED) is 0.451. The van der Waals surface area contributed by atoms with Gasteiger partial charge in [-0.3, -0.25) is 0 Å². The maximum Gasteiger partial charge on any atom is 0.229 e. The van der Waals surface area contributed by atoms with E-state index in [1.165, 1.54) is 16.6 Å². The Morgan fingerprint density at radius 3 is 2.52 bits per heavy atom. The Morgan fingerprint density at radius 1 is 0.935 bits per heavy atom. The van der Waals surface area contributed by atoms with Crippen molar-refractivity contribution in [1.29, 1.82) is 0 Å². The molecule has 2 aromatic heterocycles. The Hall–Kier alpha value is -3.98. The van der Waals surface area contributed by atoms with Crippen LogP contribution in [-0.2, 0) is 9.84 Å². The summed E-state index contributed by atoms with van der Waals surface area (Å²) in [5.41, 5.74) is 1.58. The van der Waals surface area contributed by atoms with Crippen molar-refractivity contribution in [2.24, 2.45) is 0 Å². The minimum absolute atomic E-state index is 0.134. The number of benzene rings is 3. The first-order valence-corrected chi connectivity index (χ1v) is 10.9. The van der Waals surface area contributed by atoms with Crippen molar-refractivity contribution < 1.29 is 13.2 Å². The summed E-state index contributed by atoms with van der Waals surface area (Å²) in [6, 6.07) is 23.0. The number of nitrogens with zero attached hydrogens (tertiary/aromatic N) is 4. The summed E-state index contributed by atoms with van der Waals surface area (Å²) in [4.78, 5) is 4.75. The number of aromatic nitrogens is 4. The molecule has 0 spiro atoms. The number of sulfone groups is 1. The number of para-hydroxylation sites is 1. The number of hydrogen-bond acceptors (Lipinski definition) is 7. The van der Waals surface area contributed by atoms with Crippen LogP contribution in [0.5, 0.6) is 5.75 Å². The summed E-state index contributed by atoms with van der Waals surface area (Å²) in [5, 5.41) is 11.9. The van der Waals surface area contributed by atoms with Gasteiger partial charge in [-0.1, -0.05) is 41.6 Å². The van der Waals surface area contributed by atoms with Gasteiger partial charge in [-0.15, -0.1) is 5.10 Å². The Morgan fingerprint density at radius 2 is 1.71 bits per heavy atom. The van der Waals surface area contributed by atoms with E-state index in [0.29, 0.717) is 17.1 Å². The third-order valence-electron chi connectivity index (χ3n) is 4.86. The Labute approximate surface area is 178 Å². The first kappa shape index (κ1) is 19.0. The molecule has 3 aromatic carbocycles. The predicted molar refractivity (Wildman–Crippen MR) is 116 cm³/mol. The van der Waals surface area contributed by atoms with E-state index in [1.54, 1.807) is 25.3 Å². The molecule has 8 nitrogen and oxygen atoms in total. The Kier molecular flexibility index (Phi) is 4.52. The second-order valence-electron chi connectivity index (χ2n) is 6.78. The van der Waals surface area contributed by atoms with Crippen LogP contribution < -0.4 is 10.1 Å². The highest BCUT2D eigenvalue weighted by Gasteiger charge is 2.27. The molecule has 154 valence electrons. The lowest BCUT2D eigenvalue weighted by Gasteiger charge is -2.11. The average Bonchev–Trinajstić information content (AvgIpc) is 3.25. The fourth-order valence-electron chi connectivity index (χ4n) is 3.36. The van der Waals surface area contributed by atoms with E-state index in [9.17, 15) is 8.42 Å². The number of anilines is 2. The van der Waals surface area contributed by atoms with Crippen molar-refractivity contribution >= 4 is 37.9 Å². The highest BCUT2D eigenvalue weighted by molar-refractivity contribution is 7.91. The third-order valence-corrected chi connectivity index (χ3v) is 6.53. The second kappa shape index (κ2) is 7.37. The summed E-state index contributed by atoms with van der Waals surface area (Å²) in [5.74, 6) is 1.18. The highest BCUT2D eigenvalue weighted by Crippen LogP contribution is 2.30. The third kappa shape index (κ3) is 3.24. The molecule has 0 radical (unpaired) electrons. The van der Waals surface area contributed by atoms with Crippen LogP contribution in [0.2, 0.25) is 0 Å². The van der Waals surface area contributed by atoms with Crippen LogP contribution in [0, 0.1) is 0 Å². The lowest BCUT2D eigenvalue weighted by molar-refractivity contribution is 0.415. The van der Waals surface area contributed by atoms with E-state index < -0.39 is 9.84 Å². The number of rotatable bonds is 5. The van der Waals surface area contributed by atoms with Gasteiger partial charge in [0.2, 0.25) is 14.9 Å². The molecule has 0 fully saturated rings. The van der Waals surface area contributed by atoms with E-state index >= 15 is 0 Å². The zero-order valence-electron chi connectivity index (χ0n) is 16.4. The van der Waals surface area contributed by atoms with Crippen LogP contribution in [-0.4, -0.2) is 35.3 Å². The summed E-state index contributed by atoms with van der Waals surface area (Å²) < 4.78 is 33.1. The van der Waals surface area contributed by atoms with E-state index in [-0.39, 0.29) is 15.6 Å². The van der Waals surface area contributed by atoms with Crippen molar-refractivity contribution in [3.05, 3.63) is 78.9 Å². The molecule has 31 heavy (non-hydrogen) atoms. The zero-order chi connectivity index (χ0) is 21.4.